The molecule has 4 heterocycles. The number of aromatic amines is 1. The average molecular weight is 346 g/mol. The molecule has 4 rings (SSSR count). The molecule has 2 atom stereocenters. The lowest BCUT2D eigenvalue weighted by molar-refractivity contribution is -0.129. The van der Waals surface area contributed by atoms with Crippen molar-refractivity contribution in [2.75, 3.05) is 0 Å². The number of aliphatic hydroxyl groups is 1. The molecule has 0 radical (unpaired) electrons. The fraction of sp³-hybridized carbons (Fsp3) is 0.353. The van der Waals surface area contributed by atoms with E-state index in [1.807, 2.05) is 6.08 Å². The van der Waals surface area contributed by atoms with Crippen LogP contribution in [0.5, 0.6) is 0 Å². The van der Waals surface area contributed by atoms with Crippen LogP contribution in [0.3, 0.4) is 0 Å². The van der Waals surface area contributed by atoms with Crippen LogP contribution in [0.2, 0.25) is 0 Å². The molecule has 6 nitrogen and oxygen atoms in total. The summed E-state index contributed by atoms with van der Waals surface area (Å²) in [7, 11) is 0. The number of aromatic nitrogens is 3. The SMILES string of the molecule is O=C1C=CCC2CCC(c3nc(-c4ccnc(CO)c4F)c(F)[nH]3)N12. The van der Waals surface area contributed by atoms with Crippen molar-refractivity contribution in [2.24, 2.45) is 0 Å². The zero-order chi connectivity index (χ0) is 17.6. The van der Waals surface area contributed by atoms with Gasteiger partial charge in [-0.3, -0.25) is 9.78 Å². The highest BCUT2D eigenvalue weighted by Crippen LogP contribution is 2.39. The van der Waals surface area contributed by atoms with Crippen LogP contribution in [0.1, 0.15) is 36.8 Å². The lowest BCUT2D eigenvalue weighted by atomic mass is 10.1. The Labute approximate surface area is 142 Å². The van der Waals surface area contributed by atoms with E-state index < -0.39 is 18.4 Å². The Kier molecular flexibility index (Phi) is 3.84. The molecule has 0 saturated carbocycles. The Hall–Kier alpha value is -2.61. The summed E-state index contributed by atoms with van der Waals surface area (Å²) >= 11 is 0. The van der Waals surface area contributed by atoms with Gasteiger partial charge in [-0.15, -0.1) is 0 Å². The summed E-state index contributed by atoms with van der Waals surface area (Å²) in [5.41, 5.74) is -0.412. The maximum absolute atomic E-state index is 14.4. The van der Waals surface area contributed by atoms with E-state index in [0.29, 0.717) is 12.2 Å². The summed E-state index contributed by atoms with van der Waals surface area (Å²) in [5.74, 6) is -1.38. The highest BCUT2D eigenvalue weighted by molar-refractivity contribution is 5.89. The predicted molar refractivity (Wildman–Crippen MR) is 84.0 cm³/mol. The third-order valence-electron chi connectivity index (χ3n) is 4.79. The Morgan fingerprint density at radius 3 is 3.00 bits per heavy atom. The molecule has 1 amide bonds. The molecule has 2 aliphatic rings. The number of nitrogens with one attached hydrogen (secondary N) is 1. The van der Waals surface area contributed by atoms with Crippen molar-refractivity contribution in [3.8, 4) is 11.3 Å². The Morgan fingerprint density at radius 2 is 2.20 bits per heavy atom. The van der Waals surface area contributed by atoms with Gasteiger partial charge in [0.15, 0.2) is 5.82 Å². The van der Waals surface area contributed by atoms with Crippen molar-refractivity contribution in [1.82, 2.24) is 19.9 Å². The average Bonchev–Trinajstić information content (AvgIpc) is 3.19. The largest absolute Gasteiger partial charge is 0.390 e. The Bertz CT molecular complexity index is 864. The minimum Gasteiger partial charge on any atom is -0.390 e. The van der Waals surface area contributed by atoms with Gasteiger partial charge >= 0.3 is 0 Å². The molecule has 1 fully saturated rings. The quantitative estimate of drug-likeness (QED) is 0.893. The number of hydrogen-bond acceptors (Lipinski definition) is 4. The number of amides is 1. The number of halogens is 2. The highest BCUT2D eigenvalue weighted by Gasteiger charge is 2.40. The van der Waals surface area contributed by atoms with Gasteiger partial charge in [-0.05, 0) is 31.4 Å². The summed E-state index contributed by atoms with van der Waals surface area (Å²) in [6.45, 7) is -0.586. The van der Waals surface area contributed by atoms with Crippen LogP contribution in [-0.4, -0.2) is 36.9 Å². The molecule has 2 N–H and O–H groups in total. The molecule has 130 valence electrons. The molecule has 2 aliphatic heterocycles. The van der Waals surface area contributed by atoms with Gasteiger partial charge in [0.2, 0.25) is 11.9 Å². The third-order valence-corrected chi connectivity index (χ3v) is 4.79. The second-order valence-corrected chi connectivity index (χ2v) is 6.19. The minimum atomic E-state index is -0.803. The number of carbonyl (C=O) groups is 1. The van der Waals surface area contributed by atoms with Crippen molar-refractivity contribution in [2.45, 2.75) is 38.0 Å². The van der Waals surface area contributed by atoms with E-state index in [1.54, 1.807) is 4.90 Å². The van der Waals surface area contributed by atoms with Crippen molar-refractivity contribution in [3.05, 3.63) is 47.7 Å². The van der Waals surface area contributed by atoms with E-state index in [1.165, 1.54) is 18.3 Å². The number of pyridine rings is 1. The predicted octanol–water partition coefficient (Wildman–Crippen LogP) is 2.23. The third kappa shape index (κ3) is 2.53. The van der Waals surface area contributed by atoms with Gasteiger partial charge in [-0.2, -0.15) is 4.39 Å². The molecule has 0 bridgehead atoms. The second-order valence-electron chi connectivity index (χ2n) is 6.19. The molecule has 25 heavy (non-hydrogen) atoms. The summed E-state index contributed by atoms with van der Waals surface area (Å²) in [4.78, 5) is 24.4. The number of carbonyl (C=O) groups excluding carboxylic acids is 1. The van der Waals surface area contributed by atoms with Crippen molar-refractivity contribution in [3.63, 3.8) is 0 Å². The number of rotatable bonds is 3. The number of aliphatic hydroxyl groups excluding tert-OH is 1. The molecule has 2 unspecified atom stereocenters. The number of fused-ring (bicyclic) bond motifs is 1. The molecule has 8 heteroatoms. The maximum atomic E-state index is 14.4. The zero-order valence-electron chi connectivity index (χ0n) is 13.2. The Balaban J connectivity index is 1.72. The molecule has 2 aromatic rings. The van der Waals surface area contributed by atoms with Crippen LogP contribution in [0.25, 0.3) is 11.3 Å². The van der Waals surface area contributed by atoms with Gasteiger partial charge in [0.1, 0.15) is 17.2 Å². The van der Waals surface area contributed by atoms with Gasteiger partial charge < -0.3 is 15.0 Å². The zero-order valence-corrected chi connectivity index (χ0v) is 13.2. The van der Waals surface area contributed by atoms with E-state index in [2.05, 4.69) is 15.0 Å². The van der Waals surface area contributed by atoms with Crippen LogP contribution >= 0.6 is 0 Å². The number of nitrogens with zero attached hydrogens (tertiary/aromatic N) is 3. The van der Waals surface area contributed by atoms with Crippen LogP contribution in [-0.2, 0) is 11.4 Å². The van der Waals surface area contributed by atoms with Gasteiger partial charge in [0.25, 0.3) is 0 Å². The van der Waals surface area contributed by atoms with Gasteiger partial charge in [0, 0.05) is 17.8 Å². The molecule has 0 spiro atoms. The van der Waals surface area contributed by atoms with Crippen LogP contribution < -0.4 is 0 Å². The van der Waals surface area contributed by atoms with E-state index in [0.717, 1.165) is 12.8 Å². The maximum Gasteiger partial charge on any atom is 0.247 e. The normalized spacial score (nSPS) is 22.5. The van der Waals surface area contributed by atoms with Crippen LogP contribution in [0.4, 0.5) is 8.78 Å². The second kappa shape index (κ2) is 6.03. The Morgan fingerprint density at radius 1 is 1.36 bits per heavy atom. The fourth-order valence-corrected chi connectivity index (χ4v) is 3.61. The lowest BCUT2D eigenvalue weighted by Crippen LogP contribution is -2.38. The van der Waals surface area contributed by atoms with Crippen LogP contribution in [0, 0.1) is 11.8 Å². The van der Waals surface area contributed by atoms with Gasteiger partial charge in [-0.25, -0.2) is 9.37 Å². The summed E-state index contributed by atoms with van der Waals surface area (Å²) < 4.78 is 28.7. The number of imidazole rings is 1. The van der Waals surface area contributed by atoms with Crippen molar-refractivity contribution in [1.29, 1.82) is 0 Å². The summed E-state index contributed by atoms with van der Waals surface area (Å²) in [6, 6.07) is 1.05. The molecular formula is C17H16F2N4O2. The van der Waals surface area contributed by atoms with Crippen molar-refractivity contribution >= 4 is 5.91 Å². The van der Waals surface area contributed by atoms with E-state index in [-0.39, 0.29) is 34.9 Å². The number of hydrogen-bond donors (Lipinski definition) is 2. The van der Waals surface area contributed by atoms with Crippen LogP contribution in [0.15, 0.2) is 24.4 Å². The lowest BCUT2D eigenvalue weighted by Gasteiger charge is -2.30. The molecule has 2 aromatic heterocycles. The molecule has 0 aromatic carbocycles. The summed E-state index contributed by atoms with van der Waals surface area (Å²) in [5, 5.41) is 9.12. The highest BCUT2D eigenvalue weighted by atomic mass is 19.1. The van der Waals surface area contributed by atoms with E-state index in [9.17, 15) is 13.6 Å². The standard InChI is InChI=1S/C17H16F2N4O2/c18-14-10(6-7-20-11(14)8-24)15-16(19)22-17(21-15)12-5-4-9-2-1-3-13(25)23(9)12/h1,3,6-7,9,12,24H,2,4-5,8H2,(H,21,22). The van der Waals surface area contributed by atoms with Crippen molar-refractivity contribution < 1.29 is 18.7 Å². The monoisotopic (exact) mass is 346 g/mol. The molecular weight excluding hydrogens is 330 g/mol. The van der Waals surface area contributed by atoms with E-state index in [4.69, 9.17) is 5.11 Å². The molecule has 1 saturated heterocycles. The fourth-order valence-electron chi connectivity index (χ4n) is 3.61. The van der Waals surface area contributed by atoms with Gasteiger partial charge in [-0.1, -0.05) is 6.08 Å². The van der Waals surface area contributed by atoms with E-state index >= 15 is 0 Å². The topological polar surface area (TPSA) is 82.1 Å². The first-order valence-corrected chi connectivity index (χ1v) is 8.09. The first-order chi connectivity index (χ1) is 12.1. The first-order valence-electron chi connectivity index (χ1n) is 8.09. The first kappa shape index (κ1) is 15.9. The molecule has 0 aliphatic carbocycles. The summed E-state index contributed by atoms with van der Waals surface area (Å²) in [6.07, 6.45) is 6.93. The van der Waals surface area contributed by atoms with Gasteiger partial charge in [0.05, 0.1) is 12.6 Å². The smallest absolute Gasteiger partial charge is 0.247 e. The number of H-pyrrole nitrogens is 1. The minimum absolute atomic E-state index is 0.0709.